The molecule has 0 unspecified atom stereocenters. The van der Waals surface area contributed by atoms with Crippen molar-refractivity contribution in [3.63, 3.8) is 0 Å². The maximum absolute atomic E-state index is 14.4. The number of Topliss-reactive ketones (excluding diaryl/α,β-unsaturated/α-hetero) is 2. The lowest BCUT2D eigenvalue weighted by atomic mass is 9.41. The second kappa shape index (κ2) is 23.5. The first kappa shape index (κ1) is 65.1. The van der Waals surface area contributed by atoms with Crippen LogP contribution in [0.25, 0.3) is 0 Å². The van der Waals surface area contributed by atoms with Crippen molar-refractivity contribution < 1.29 is 132 Å². The molecule has 28 nitrogen and oxygen atoms in total. The van der Waals surface area contributed by atoms with Gasteiger partial charge in [0.2, 0.25) is 0 Å². The molecular weight excluding hydrogens is 1150 g/mol. The van der Waals surface area contributed by atoms with Crippen molar-refractivity contribution in [2.75, 3.05) is 26.9 Å². The Hall–Kier alpha value is -2.35. The van der Waals surface area contributed by atoms with Crippen LogP contribution in [0.5, 0.6) is 0 Å². The van der Waals surface area contributed by atoms with Crippen LogP contribution in [-0.2, 0) is 90.9 Å². The molecule has 8 fully saturated rings. The highest BCUT2D eigenvalue weighted by Gasteiger charge is 2.79. The molecule has 83 heavy (non-hydrogen) atoms. The molecule has 30 heteroatoms. The van der Waals surface area contributed by atoms with E-state index in [9.17, 15) is 76.1 Å². The molecule has 0 radical (unpaired) electrons. The Morgan fingerprint density at radius 3 is 2.00 bits per heavy atom. The van der Waals surface area contributed by atoms with Gasteiger partial charge in [0.25, 0.3) is 0 Å². The van der Waals surface area contributed by atoms with Crippen molar-refractivity contribution >= 4 is 38.3 Å². The standard InChI is InChI=1S/C53H82O28S2/c1-22(2)16-24(55)17-52(8)43-27(56)18-51(7)26-10-11-31-49(4,5)32(13-14-50(31,6)25(26)12-15-53(43,51)48(63)79-52)75-46-41(34(59)30(21-72-46)80-82(64,65)66)78-44-36(61)35(60)38(23(3)73-44)76-47-42(81-83(67,68)69)39(28(57)20-71-47)77-45-37(62)40(70-9)33(58)29(19-54)74-45/h10,22-23,25,28-47,54,57-62H,11-21H2,1-9H3,(H,64,65,66)(H,67,68,69)/t23-,25+,28-,29-,30-,31+,32+,33-,34+,35-,36-,37-,38-,39+,40+,41-,42-,43-,44+,45+,46+,47+,50-,51+,52+,53+/m1/s1. The lowest BCUT2D eigenvalue weighted by molar-refractivity contribution is -0.380. The predicted molar refractivity (Wildman–Crippen MR) is 276 cm³/mol. The van der Waals surface area contributed by atoms with E-state index in [1.165, 1.54) is 6.92 Å². The van der Waals surface area contributed by atoms with Crippen LogP contribution >= 0.6 is 0 Å². The molecule has 26 atom stereocenters. The number of rotatable bonds is 18. The van der Waals surface area contributed by atoms with Gasteiger partial charge in [-0.25, -0.2) is 8.37 Å². The number of ether oxygens (including phenoxy) is 10. The van der Waals surface area contributed by atoms with Gasteiger partial charge in [0, 0.05) is 31.8 Å². The van der Waals surface area contributed by atoms with Crippen molar-refractivity contribution in [2.24, 2.45) is 45.3 Å². The van der Waals surface area contributed by atoms with Crippen molar-refractivity contribution in [1.29, 1.82) is 0 Å². The van der Waals surface area contributed by atoms with E-state index in [2.05, 4.69) is 13.0 Å². The van der Waals surface area contributed by atoms with Crippen molar-refractivity contribution in [3.05, 3.63) is 11.6 Å². The molecule has 0 aromatic carbocycles. The van der Waals surface area contributed by atoms with Crippen LogP contribution in [0.1, 0.15) is 107 Å². The minimum Gasteiger partial charge on any atom is -0.458 e. The number of aliphatic hydroxyl groups excluding tert-OH is 7. The summed E-state index contributed by atoms with van der Waals surface area (Å²) in [6.45, 7) is 13.0. The number of carbonyl (C=O) groups is 3. The predicted octanol–water partition coefficient (Wildman–Crippen LogP) is -0.657. The van der Waals surface area contributed by atoms with Gasteiger partial charge < -0.3 is 83.1 Å². The zero-order valence-electron chi connectivity index (χ0n) is 47.7. The zero-order valence-corrected chi connectivity index (χ0v) is 49.4. The zero-order chi connectivity index (χ0) is 61.1. The topological polar surface area (TPSA) is 412 Å². The number of hydrogen-bond acceptors (Lipinski definition) is 26. The van der Waals surface area contributed by atoms with E-state index < -0.39 is 196 Å². The summed E-state index contributed by atoms with van der Waals surface area (Å²) in [6, 6.07) is 0. The summed E-state index contributed by atoms with van der Waals surface area (Å²) in [5.41, 5.74) is -3.33. The van der Waals surface area contributed by atoms with E-state index >= 15 is 0 Å². The van der Waals surface area contributed by atoms with Crippen LogP contribution < -0.4 is 0 Å². The van der Waals surface area contributed by atoms with Crippen molar-refractivity contribution in [3.8, 4) is 0 Å². The number of allylic oxidation sites excluding steroid dienone is 2. The molecule has 5 heterocycles. The second-order valence-corrected chi connectivity index (χ2v) is 27.9. The number of aliphatic hydroxyl groups is 7. The molecule has 0 amide bonds. The van der Waals surface area contributed by atoms with Crippen LogP contribution in [0.15, 0.2) is 11.6 Å². The number of hydrogen-bond donors (Lipinski definition) is 9. The molecule has 5 saturated heterocycles. The highest BCUT2D eigenvalue weighted by molar-refractivity contribution is 7.81. The van der Waals surface area contributed by atoms with E-state index in [0.29, 0.717) is 38.5 Å². The molecular formula is C53H82O28S2. The first-order chi connectivity index (χ1) is 38.5. The van der Waals surface area contributed by atoms with Crippen LogP contribution in [-0.4, -0.2) is 228 Å². The summed E-state index contributed by atoms with van der Waals surface area (Å²) in [6.07, 6.45) is -27.9. The Morgan fingerprint density at radius 1 is 0.735 bits per heavy atom. The van der Waals surface area contributed by atoms with Crippen molar-refractivity contribution in [2.45, 2.75) is 229 Å². The molecule has 0 bridgehead atoms. The van der Waals surface area contributed by atoms with Gasteiger partial charge in [0.1, 0.15) is 90.4 Å². The van der Waals surface area contributed by atoms with E-state index in [1.807, 2.05) is 34.6 Å². The number of esters is 1. The van der Waals surface area contributed by atoms with Gasteiger partial charge in [-0.05, 0) is 74.5 Å². The summed E-state index contributed by atoms with van der Waals surface area (Å²) in [4.78, 5) is 42.0. The molecule has 9 N–H and O–H groups in total. The molecule has 0 aromatic rings. The maximum Gasteiger partial charge on any atom is 0.397 e. The lowest BCUT2D eigenvalue weighted by Gasteiger charge is -2.63. The molecule has 9 rings (SSSR count). The second-order valence-electron chi connectivity index (χ2n) is 25.8. The molecule has 0 aromatic heterocycles. The Labute approximate surface area is 481 Å². The molecule has 1 spiro atoms. The van der Waals surface area contributed by atoms with E-state index in [1.54, 1.807) is 6.92 Å². The third kappa shape index (κ3) is 11.7. The Morgan fingerprint density at radius 2 is 1.36 bits per heavy atom. The summed E-state index contributed by atoms with van der Waals surface area (Å²) < 4.78 is 137. The van der Waals surface area contributed by atoms with E-state index in [-0.39, 0.29) is 42.2 Å². The van der Waals surface area contributed by atoms with Gasteiger partial charge in [0.05, 0.1) is 43.4 Å². The quantitative estimate of drug-likeness (QED) is 0.0467. The third-order valence-corrected chi connectivity index (χ3v) is 20.8. The fraction of sp³-hybridized carbons (Fsp3) is 0.906. The fourth-order valence-electron chi connectivity index (χ4n) is 16.1. The van der Waals surface area contributed by atoms with Crippen LogP contribution in [0.3, 0.4) is 0 Å². The lowest BCUT2D eigenvalue weighted by Crippen LogP contribution is -2.66. The van der Waals surface area contributed by atoms with Gasteiger partial charge in [-0.3, -0.25) is 23.5 Å². The first-order valence-electron chi connectivity index (χ1n) is 28.2. The van der Waals surface area contributed by atoms with Crippen LogP contribution in [0.4, 0.5) is 0 Å². The minimum atomic E-state index is -5.46. The van der Waals surface area contributed by atoms with Gasteiger partial charge in [-0.15, -0.1) is 0 Å². The number of carbonyl (C=O) groups excluding carboxylic acids is 3. The largest absolute Gasteiger partial charge is 0.458 e. The Kier molecular flexibility index (Phi) is 18.5. The minimum absolute atomic E-state index is 0.0394. The average Bonchev–Trinajstić information content (AvgIpc) is 1.58. The first-order valence-corrected chi connectivity index (χ1v) is 31.0. The number of methoxy groups -OCH3 is 1. The fourth-order valence-corrected chi connectivity index (χ4v) is 17.1. The smallest absolute Gasteiger partial charge is 0.397 e. The SMILES string of the molecule is CO[C@@H]1[C@@H](O)[C@H](O[C@@H]2[C@@H](OS(=O)(=O)O)[C@H](O[C@H]3[C@H](O)[C@@H](O)[C@H](O[C@H]4[C@H](O[C@H]5CC[C@]6(C)[C@H]7CC[C@@]89C(=O)O[C@@](C)(CC(=O)CC(C)C)[C@H]8C(=O)C[C@@]9(C)C7=CC[C@H]6C5(C)C)OC[C@@H](OS(=O)(=O)O)[C@@H]4O)O[C@@H]3C)OC[C@H]2O)O[C@H](CO)[C@H]1O. The number of ketones is 2. The van der Waals surface area contributed by atoms with Crippen LogP contribution in [0.2, 0.25) is 0 Å². The summed E-state index contributed by atoms with van der Waals surface area (Å²) in [5, 5.41) is 77.5. The third-order valence-electron chi connectivity index (χ3n) is 19.8. The van der Waals surface area contributed by atoms with Crippen molar-refractivity contribution in [1.82, 2.24) is 0 Å². The highest BCUT2D eigenvalue weighted by Crippen LogP contribution is 2.75. The van der Waals surface area contributed by atoms with Gasteiger partial charge >= 0.3 is 26.8 Å². The van der Waals surface area contributed by atoms with Gasteiger partial charge in [-0.2, -0.15) is 16.8 Å². The van der Waals surface area contributed by atoms with Gasteiger partial charge in [-0.1, -0.05) is 53.2 Å². The summed E-state index contributed by atoms with van der Waals surface area (Å²) in [5.74, 6) is -1.42. The van der Waals surface area contributed by atoms with E-state index in [4.69, 9.17) is 55.7 Å². The normalized spacial score (nSPS) is 48.2. The number of cyclic esters (lactones) is 1. The average molecular weight is 1230 g/mol. The van der Waals surface area contributed by atoms with Crippen LogP contribution in [0, 0.1) is 45.3 Å². The van der Waals surface area contributed by atoms with E-state index in [0.717, 1.165) is 12.7 Å². The maximum atomic E-state index is 14.4. The Balaban J connectivity index is 0.918. The molecule has 474 valence electrons. The number of fused-ring (bicyclic) bond motifs is 4. The van der Waals surface area contributed by atoms with Gasteiger partial charge in [0.15, 0.2) is 31.3 Å². The summed E-state index contributed by atoms with van der Waals surface area (Å²) in [7, 11) is -9.55. The molecule has 9 aliphatic rings. The molecule has 4 aliphatic carbocycles. The highest BCUT2D eigenvalue weighted by atomic mass is 32.3. The summed E-state index contributed by atoms with van der Waals surface area (Å²) >= 11 is 0. The molecule has 3 saturated carbocycles. The molecule has 5 aliphatic heterocycles. The monoisotopic (exact) mass is 1230 g/mol. The Bertz CT molecular complexity index is 2670.